The van der Waals surface area contributed by atoms with E-state index >= 15 is 0 Å². The summed E-state index contributed by atoms with van der Waals surface area (Å²) in [5.74, 6) is -1.21. The summed E-state index contributed by atoms with van der Waals surface area (Å²) in [7, 11) is 0. The van der Waals surface area contributed by atoms with Crippen molar-refractivity contribution in [3.05, 3.63) is 21.7 Å². The second-order valence-electron chi connectivity index (χ2n) is 4.52. The quantitative estimate of drug-likeness (QED) is 0.859. The Morgan fingerprint density at radius 1 is 1.33 bits per heavy atom. The highest BCUT2D eigenvalue weighted by molar-refractivity contribution is 5.27. The van der Waals surface area contributed by atoms with Crippen LogP contribution in [0.2, 0.25) is 0 Å². The summed E-state index contributed by atoms with van der Waals surface area (Å²) in [5, 5.41) is 9.63. The maximum atomic E-state index is 12.2. The highest BCUT2D eigenvalue weighted by Gasteiger charge is 2.31. The molecule has 1 saturated carbocycles. The lowest BCUT2D eigenvalue weighted by Crippen LogP contribution is -2.22. The lowest BCUT2D eigenvalue weighted by molar-refractivity contribution is -0.128. The zero-order chi connectivity index (χ0) is 13.3. The number of nitrogens with zero attached hydrogens (tertiary/aromatic N) is 1. The van der Waals surface area contributed by atoms with Crippen LogP contribution in [0.15, 0.2) is 4.79 Å². The molecule has 1 heterocycles. The Balaban J connectivity index is 2.32. The van der Waals surface area contributed by atoms with Crippen LogP contribution in [0.25, 0.3) is 0 Å². The van der Waals surface area contributed by atoms with Gasteiger partial charge in [-0.2, -0.15) is 18.2 Å². The zero-order valence-electron chi connectivity index (χ0n) is 9.55. The van der Waals surface area contributed by atoms with Gasteiger partial charge in [0.05, 0.1) is 5.56 Å². The van der Waals surface area contributed by atoms with E-state index in [0.717, 1.165) is 25.7 Å². The molecule has 7 heteroatoms. The van der Waals surface area contributed by atoms with Gasteiger partial charge in [0, 0.05) is 0 Å². The number of rotatable bonds is 2. The van der Waals surface area contributed by atoms with Crippen molar-refractivity contribution in [3.8, 4) is 5.88 Å². The predicted molar refractivity (Wildman–Crippen MR) is 57.5 cm³/mol. The van der Waals surface area contributed by atoms with Gasteiger partial charge >= 0.3 is 6.18 Å². The van der Waals surface area contributed by atoms with Gasteiger partial charge in [-0.25, -0.2) is 0 Å². The first-order chi connectivity index (χ1) is 8.37. The number of hydrogen-bond donors (Lipinski definition) is 2. The normalized spacial score (nSPS) is 17.3. The van der Waals surface area contributed by atoms with Crippen molar-refractivity contribution in [3.63, 3.8) is 0 Å². The summed E-state index contributed by atoms with van der Waals surface area (Å²) in [4.78, 5) is 17.3. The molecule has 0 radical (unpaired) electrons. The molecule has 2 N–H and O–H groups in total. The third kappa shape index (κ3) is 2.83. The van der Waals surface area contributed by atoms with E-state index in [9.17, 15) is 23.1 Å². The molecule has 4 nitrogen and oxygen atoms in total. The van der Waals surface area contributed by atoms with Gasteiger partial charge in [-0.05, 0) is 18.8 Å². The smallest absolute Gasteiger partial charge is 0.396 e. The minimum absolute atomic E-state index is 0.0961. The summed E-state index contributed by atoms with van der Waals surface area (Å²) < 4.78 is 36.5. The van der Waals surface area contributed by atoms with Crippen molar-refractivity contribution in [1.82, 2.24) is 9.97 Å². The van der Waals surface area contributed by atoms with E-state index in [0.29, 0.717) is 0 Å². The number of H-pyrrole nitrogens is 1. The molecule has 0 bridgehead atoms. The van der Waals surface area contributed by atoms with Gasteiger partial charge in [0.15, 0.2) is 0 Å². The van der Waals surface area contributed by atoms with Gasteiger partial charge in [0.25, 0.3) is 5.56 Å². The lowest BCUT2D eigenvalue weighted by Gasteiger charge is -2.11. The topological polar surface area (TPSA) is 66.0 Å². The Morgan fingerprint density at radius 3 is 2.44 bits per heavy atom. The van der Waals surface area contributed by atoms with Crippen LogP contribution in [0.5, 0.6) is 5.88 Å². The fourth-order valence-electron chi connectivity index (χ4n) is 2.37. The molecule has 1 fully saturated rings. The summed E-state index contributed by atoms with van der Waals surface area (Å²) in [6.45, 7) is 0. The van der Waals surface area contributed by atoms with E-state index in [1.807, 2.05) is 0 Å². The first kappa shape index (κ1) is 12.9. The van der Waals surface area contributed by atoms with Crippen molar-refractivity contribution in [2.75, 3.05) is 0 Å². The number of aromatic amines is 1. The molecule has 0 unspecified atom stereocenters. The summed E-state index contributed by atoms with van der Waals surface area (Å²) in [6.07, 6.45) is -2.38. The number of halogens is 3. The third-order valence-corrected chi connectivity index (χ3v) is 3.12. The van der Waals surface area contributed by atoms with Crippen LogP contribution in [0.3, 0.4) is 0 Å². The largest absolute Gasteiger partial charge is 0.493 e. The van der Waals surface area contributed by atoms with Gasteiger partial charge < -0.3 is 10.1 Å². The monoisotopic (exact) mass is 262 g/mol. The number of aromatic hydroxyl groups is 1. The SMILES string of the molecule is O=c1[nH]c(CC(F)(F)F)nc(O)c1C1CCCC1. The molecule has 2 rings (SSSR count). The van der Waals surface area contributed by atoms with E-state index in [2.05, 4.69) is 9.97 Å². The van der Waals surface area contributed by atoms with E-state index < -0.39 is 29.9 Å². The minimum atomic E-state index is -4.46. The highest BCUT2D eigenvalue weighted by atomic mass is 19.4. The molecule has 0 spiro atoms. The first-order valence-electron chi connectivity index (χ1n) is 5.75. The number of aromatic nitrogens is 2. The fourth-order valence-corrected chi connectivity index (χ4v) is 2.37. The van der Waals surface area contributed by atoms with Crippen LogP contribution in [-0.4, -0.2) is 21.3 Å². The molecule has 18 heavy (non-hydrogen) atoms. The van der Waals surface area contributed by atoms with Crippen LogP contribution in [-0.2, 0) is 6.42 Å². The Hall–Kier alpha value is -1.53. The van der Waals surface area contributed by atoms with Gasteiger partial charge in [0.1, 0.15) is 12.2 Å². The maximum absolute atomic E-state index is 12.2. The van der Waals surface area contributed by atoms with E-state index in [-0.39, 0.29) is 11.5 Å². The summed E-state index contributed by atoms with van der Waals surface area (Å²) >= 11 is 0. The fraction of sp³-hybridized carbons (Fsp3) is 0.636. The molecule has 1 aliphatic rings. The Kier molecular flexibility index (Phi) is 3.32. The van der Waals surface area contributed by atoms with Gasteiger partial charge in [-0.3, -0.25) is 4.79 Å². The maximum Gasteiger partial charge on any atom is 0.396 e. The van der Waals surface area contributed by atoms with Crippen molar-refractivity contribution < 1.29 is 18.3 Å². The second kappa shape index (κ2) is 4.62. The van der Waals surface area contributed by atoms with Crippen LogP contribution >= 0.6 is 0 Å². The molecule has 1 aromatic rings. The van der Waals surface area contributed by atoms with E-state index in [1.165, 1.54) is 0 Å². The lowest BCUT2D eigenvalue weighted by atomic mass is 10.00. The Morgan fingerprint density at radius 2 is 1.94 bits per heavy atom. The van der Waals surface area contributed by atoms with Gasteiger partial charge in [-0.1, -0.05) is 12.8 Å². The molecule has 100 valence electrons. The van der Waals surface area contributed by atoms with E-state index in [1.54, 1.807) is 0 Å². The number of alkyl halides is 3. The van der Waals surface area contributed by atoms with Gasteiger partial charge in [0.2, 0.25) is 5.88 Å². The van der Waals surface area contributed by atoms with Crippen LogP contribution < -0.4 is 5.56 Å². The molecule has 1 aliphatic carbocycles. The average molecular weight is 262 g/mol. The van der Waals surface area contributed by atoms with Crippen molar-refractivity contribution in [2.45, 2.75) is 44.2 Å². The summed E-state index contributed by atoms with van der Waals surface area (Å²) in [6, 6.07) is 0. The zero-order valence-corrected chi connectivity index (χ0v) is 9.55. The van der Waals surface area contributed by atoms with Crippen molar-refractivity contribution in [1.29, 1.82) is 0 Å². The van der Waals surface area contributed by atoms with E-state index in [4.69, 9.17) is 0 Å². The number of nitrogens with one attached hydrogen (secondary N) is 1. The highest BCUT2D eigenvalue weighted by Crippen LogP contribution is 2.35. The molecule has 0 atom stereocenters. The Labute approximate surface area is 101 Å². The third-order valence-electron chi connectivity index (χ3n) is 3.12. The van der Waals surface area contributed by atoms with Crippen LogP contribution in [0.4, 0.5) is 13.2 Å². The molecule has 0 saturated heterocycles. The first-order valence-corrected chi connectivity index (χ1v) is 5.75. The van der Waals surface area contributed by atoms with Crippen LogP contribution in [0.1, 0.15) is 43.0 Å². The number of hydrogen-bond acceptors (Lipinski definition) is 3. The molecule has 0 amide bonds. The standard InChI is InChI=1S/C11H13F3N2O2/c12-11(13,14)5-7-15-9(17)8(10(18)16-7)6-3-1-2-4-6/h6H,1-5H2,(H2,15,16,17,18). The molecule has 1 aromatic heterocycles. The molecule has 0 aromatic carbocycles. The second-order valence-corrected chi connectivity index (χ2v) is 4.52. The van der Waals surface area contributed by atoms with Gasteiger partial charge in [-0.15, -0.1) is 0 Å². The predicted octanol–water partition coefficient (Wildman–Crippen LogP) is 2.24. The molecule has 0 aliphatic heterocycles. The molecular weight excluding hydrogens is 249 g/mol. The Bertz CT molecular complexity index is 490. The minimum Gasteiger partial charge on any atom is -0.493 e. The van der Waals surface area contributed by atoms with Crippen LogP contribution in [0, 0.1) is 0 Å². The average Bonchev–Trinajstić information content (AvgIpc) is 2.66. The summed E-state index contributed by atoms with van der Waals surface area (Å²) in [5.41, 5.74) is -0.535. The van der Waals surface area contributed by atoms with Crippen molar-refractivity contribution >= 4 is 0 Å². The van der Waals surface area contributed by atoms with Crippen molar-refractivity contribution in [2.24, 2.45) is 0 Å². The molecular formula is C11H13F3N2O2.